The molecule has 1 aliphatic rings. The summed E-state index contributed by atoms with van der Waals surface area (Å²) >= 11 is 0. The smallest absolute Gasteiger partial charge is 0.411 e. The lowest BCUT2D eigenvalue weighted by Gasteiger charge is -2.32. The van der Waals surface area contributed by atoms with Crippen LogP contribution in [0.25, 0.3) is 11.1 Å². The van der Waals surface area contributed by atoms with Crippen LogP contribution >= 0.6 is 0 Å². The number of rotatable bonds is 9. The average Bonchev–Trinajstić information content (AvgIpc) is 3.00. The molecule has 3 amide bonds. The van der Waals surface area contributed by atoms with Crippen LogP contribution in [0.5, 0.6) is 0 Å². The summed E-state index contributed by atoms with van der Waals surface area (Å²) in [6.07, 6.45) is 0.792. The van der Waals surface area contributed by atoms with Gasteiger partial charge in [0.25, 0.3) is 11.8 Å². The molecular formula is C30H36N6O4. The SMILES string of the molecule is CCN(N)C(=O)c1cccc(C(=O)N(C)CCN2CCC(OC(=O)Nc3ccccc3-c3ccccc3)CC2)n1. The summed E-state index contributed by atoms with van der Waals surface area (Å²) in [5.41, 5.74) is 3.00. The first-order chi connectivity index (χ1) is 19.4. The largest absolute Gasteiger partial charge is 0.446 e. The molecular weight excluding hydrogens is 508 g/mol. The minimum Gasteiger partial charge on any atom is -0.446 e. The first-order valence-electron chi connectivity index (χ1n) is 13.5. The third-order valence-electron chi connectivity index (χ3n) is 6.94. The number of aromatic nitrogens is 1. The van der Waals surface area contributed by atoms with E-state index >= 15 is 0 Å². The Morgan fingerprint density at radius 2 is 1.60 bits per heavy atom. The Kier molecular flexibility index (Phi) is 9.82. The minimum absolute atomic E-state index is 0.137. The Hall–Kier alpha value is -4.28. The highest BCUT2D eigenvalue weighted by atomic mass is 16.6. The number of carbonyl (C=O) groups is 3. The van der Waals surface area contributed by atoms with Gasteiger partial charge in [0, 0.05) is 45.3 Å². The highest BCUT2D eigenvalue weighted by Crippen LogP contribution is 2.28. The summed E-state index contributed by atoms with van der Waals surface area (Å²) in [6, 6.07) is 22.3. The topological polar surface area (TPSA) is 121 Å². The first kappa shape index (κ1) is 28.7. The summed E-state index contributed by atoms with van der Waals surface area (Å²) in [7, 11) is 1.72. The second-order valence-corrected chi connectivity index (χ2v) is 9.71. The van der Waals surface area contributed by atoms with Gasteiger partial charge in [-0.15, -0.1) is 0 Å². The van der Waals surface area contributed by atoms with E-state index in [1.807, 2.05) is 54.6 Å². The number of benzene rings is 2. The molecule has 0 spiro atoms. The van der Waals surface area contributed by atoms with Gasteiger partial charge in [-0.2, -0.15) is 0 Å². The van der Waals surface area contributed by atoms with Crippen LogP contribution in [0.15, 0.2) is 72.8 Å². The van der Waals surface area contributed by atoms with Crippen LogP contribution in [0.3, 0.4) is 0 Å². The van der Waals surface area contributed by atoms with Crippen LogP contribution in [0.2, 0.25) is 0 Å². The monoisotopic (exact) mass is 544 g/mol. The van der Waals surface area contributed by atoms with E-state index in [2.05, 4.69) is 15.2 Å². The maximum absolute atomic E-state index is 12.9. The summed E-state index contributed by atoms with van der Waals surface area (Å²) in [5, 5.41) is 3.96. The van der Waals surface area contributed by atoms with Crippen molar-refractivity contribution in [3.8, 4) is 11.1 Å². The molecule has 1 fully saturated rings. The van der Waals surface area contributed by atoms with Gasteiger partial charge < -0.3 is 14.5 Å². The van der Waals surface area contributed by atoms with E-state index in [0.717, 1.165) is 29.2 Å². The molecule has 4 rings (SSSR count). The maximum atomic E-state index is 12.9. The first-order valence-corrected chi connectivity index (χ1v) is 13.5. The van der Waals surface area contributed by atoms with Gasteiger partial charge >= 0.3 is 6.09 Å². The molecule has 0 atom stereocenters. The van der Waals surface area contributed by atoms with Gasteiger partial charge in [0.05, 0.1) is 5.69 Å². The number of nitrogens with one attached hydrogen (secondary N) is 1. The number of amides is 3. The predicted molar refractivity (Wildman–Crippen MR) is 154 cm³/mol. The predicted octanol–water partition coefficient (Wildman–Crippen LogP) is 3.87. The molecule has 1 aromatic heterocycles. The van der Waals surface area contributed by atoms with Crippen molar-refractivity contribution in [1.82, 2.24) is 19.8 Å². The van der Waals surface area contributed by atoms with Crippen molar-refractivity contribution in [3.05, 3.63) is 84.2 Å². The van der Waals surface area contributed by atoms with Gasteiger partial charge in [-0.1, -0.05) is 54.6 Å². The molecule has 0 bridgehead atoms. The highest BCUT2D eigenvalue weighted by Gasteiger charge is 2.24. The fraction of sp³-hybridized carbons (Fsp3) is 0.333. The number of carbonyl (C=O) groups excluding carboxylic acids is 3. The number of likely N-dealkylation sites (N-methyl/N-ethyl adjacent to an activating group) is 1. The number of hydrogen-bond acceptors (Lipinski definition) is 7. The molecule has 2 aromatic carbocycles. The van der Waals surface area contributed by atoms with Crippen LogP contribution in [-0.4, -0.2) is 83.6 Å². The van der Waals surface area contributed by atoms with Crippen LogP contribution in [0.1, 0.15) is 40.7 Å². The number of nitrogens with two attached hydrogens (primary N) is 1. The minimum atomic E-state index is -0.461. The summed E-state index contributed by atoms with van der Waals surface area (Å²) in [4.78, 5) is 45.9. The molecule has 0 radical (unpaired) electrons. The van der Waals surface area contributed by atoms with Crippen molar-refractivity contribution in [2.75, 3.05) is 45.1 Å². The number of hydrazine groups is 1. The lowest BCUT2D eigenvalue weighted by molar-refractivity contribution is 0.0538. The standard InChI is InChI=1S/C30H36N6O4/c1-3-36(31)29(38)27-15-9-14-26(32-27)28(37)34(2)20-21-35-18-16-23(17-19-35)40-30(39)33-25-13-8-7-12-24(25)22-10-5-4-6-11-22/h4-15,23H,3,16-21,31H2,1-2H3,(H,33,39). The van der Waals surface area contributed by atoms with Crippen molar-refractivity contribution in [2.24, 2.45) is 5.84 Å². The molecule has 0 saturated carbocycles. The molecule has 210 valence electrons. The average molecular weight is 545 g/mol. The zero-order chi connectivity index (χ0) is 28.5. The van der Waals surface area contributed by atoms with Crippen molar-refractivity contribution < 1.29 is 19.1 Å². The van der Waals surface area contributed by atoms with Gasteiger partial charge in [-0.05, 0) is 43.5 Å². The quantitative estimate of drug-likeness (QED) is 0.238. The maximum Gasteiger partial charge on any atom is 0.411 e. The highest BCUT2D eigenvalue weighted by molar-refractivity contribution is 5.96. The van der Waals surface area contributed by atoms with E-state index in [4.69, 9.17) is 10.6 Å². The molecule has 40 heavy (non-hydrogen) atoms. The van der Waals surface area contributed by atoms with E-state index < -0.39 is 12.0 Å². The van der Waals surface area contributed by atoms with Crippen LogP contribution in [-0.2, 0) is 4.74 Å². The zero-order valence-corrected chi connectivity index (χ0v) is 23.0. The normalized spacial score (nSPS) is 13.9. The van der Waals surface area contributed by atoms with Crippen molar-refractivity contribution in [1.29, 1.82) is 0 Å². The number of pyridine rings is 1. The van der Waals surface area contributed by atoms with Crippen molar-refractivity contribution >= 4 is 23.6 Å². The van der Waals surface area contributed by atoms with E-state index in [0.29, 0.717) is 38.2 Å². The number of ether oxygens (including phenoxy) is 1. The fourth-order valence-corrected chi connectivity index (χ4v) is 4.56. The van der Waals surface area contributed by atoms with Gasteiger partial charge in [0.15, 0.2) is 0 Å². The molecule has 3 aromatic rings. The lowest BCUT2D eigenvalue weighted by atomic mass is 10.0. The Bertz CT molecular complexity index is 1310. The second kappa shape index (κ2) is 13.7. The molecule has 10 nitrogen and oxygen atoms in total. The molecule has 1 aliphatic heterocycles. The Labute approximate surface area is 234 Å². The summed E-state index contributed by atoms with van der Waals surface area (Å²) in [5.74, 6) is 4.98. The Morgan fingerprint density at radius 1 is 0.950 bits per heavy atom. The number of hydrogen-bond donors (Lipinski definition) is 2. The van der Waals surface area contributed by atoms with Crippen molar-refractivity contribution in [3.63, 3.8) is 0 Å². The van der Waals surface area contributed by atoms with E-state index in [1.165, 1.54) is 0 Å². The summed E-state index contributed by atoms with van der Waals surface area (Å²) < 4.78 is 5.72. The van der Waals surface area contributed by atoms with Gasteiger partial charge in [0.1, 0.15) is 17.5 Å². The number of nitrogens with zero attached hydrogens (tertiary/aromatic N) is 4. The molecule has 0 aliphatic carbocycles. The number of likely N-dealkylation sites (tertiary alicyclic amines) is 1. The molecule has 10 heteroatoms. The number of para-hydroxylation sites is 1. The van der Waals surface area contributed by atoms with E-state index in [1.54, 1.807) is 37.1 Å². The molecule has 1 saturated heterocycles. The Balaban J connectivity index is 1.22. The van der Waals surface area contributed by atoms with Crippen LogP contribution in [0, 0.1) is 0 Å². The van der Waals surface area contributed by atoms with Crippen LogP contribution in [0.4, 0.5) is 10.5 Å². The number of piperidine rings is 1. The number of anilines is 1. The third-order valence-corrected chi connectivity index (χ3v) is 6.94. The van der Waals surface area contributed by atoms with E-state index in [-0.39, 0.29) is 23.4 Å². The van der Waals surface area contributed by atoms with E-state index in [9.17, 15) is 14.4 Å². The van der Waals surface area contributed by atoms with Gasteiger partial charge in [-0.3, -0.25) is 19.9 Å². The van der Waals surface area contributed by atoms with Gasteiger partial charge in [-0.25, -0.2) is 15.6 Å². The lowest BCUT2D eigenvalue weighted by Crippen LogP contribution is -2.42. The van der Waals surface area contributed by atoms with Crippen LogP contribution < -0.4 is 11.2 Å². The van der Waals surface area contributed by atoms with Crippen molar-refractivity contribution in [2.45, 2.75) is 25.9 Å². The molecule has 3 N–H and O–H groups in total. The zero-order valence-electron chi connectivity index (χ0n) is 23.0. The van der Waals surface area contributed by atoms with Gasteiger partial charge in [0.2, 0.25) is 0 Å². The fourth-order valence-electron chi connectivity index (χ4n) is 4.56. The Morgan fingerprint density at radius 3 is 2.30 bits per heavy atom. The second-order valence-electron chi connectivity index (χ2n) is 9.71. The third kappa shape index (κ3) is 7.43. The molecule has 2 heterocycles. The molecule has 0 unspecified atom stereocenters. The summed E-state index contributed by atoms with van der Waals surface area (Å²) in [6.45, 7) is 4.79.